The lowest BCUT2D eigenvalue weighted by Crippen LogP contribution is -2.35. The van der Waals surface area contributed by atoms with Gasteiger partial charge in [0.05, 0.1) is 12.7 Å². The van der Waals surface area contributed by atoms with E-state index in [1.54, 1.807) is 49.6 Å². The highest BCUT2D eigenvalue weighted by Gasteiger charge is 2.15. The summed E-state index contributed by atoms with van der Waals surface area (Å²) in [6.45, 7) is -0.0687. The van der Waals surface area contributed by atoms with Gasteiger partial charge in [-0.15, -0.1) is 6.42 Å². The predicted octanol–water partition coefficient (Wildman–Crippen LogP) is 4.01. The fourth-order valence-corrected chi connectivity index (χ4v) is 2.90. The highest BCUT2D eigenvalue weighted by Crippen LogP contribution is 2.22. The van der Waals surface area contributed by atoms with Crippen molar-refractivity contribution in [1.29, 1.82) is 0 Å². The Labute approximate surface area is 179 Å². The van der Waals surface area contributed by atoms with Gasteiger partial charge in [-0.25, -0.2) is 4.98 Å². The van der Waals surface area contributed by atoms with Crippen LogP contribution >= 0.6 is 11.6 Å². The molecule has 0 atom stereocenters. The van der Waals surface area contributed by atoms with Gasteiger partial charge in [-0.05, 0) is 42.5 Å². The quantitative estimate of drug-likeness (QED) is 0.585. The fourth-order valence-electron chi connectivity index (χ4n) is 2.77. The standard InChI is InChI=1S/C23H20ClN3O3/c1-3-16-5-4-6-19(13-16)26-21(28)15-27(2)23(29)12-11-22-25-14-20(30-22)17-7-9-18(24)10-8-17/h1,4-10,13-14H,11-12,15H2,2H3,(H,26,28). The monoisotopic (exact) mass is 421 g/mol. The van der Waals surface area contributed by atoms with Crippen LogP contribution in [0.2, 0.25) is 5.02 Å². The summed E-state index contributed by atoms with van der Waals surface area (Å²) >= 11 is 5.89. The summed E-state index contributed by atoms with van der Waals surface area (Å²) in [5.41, 5.74) is 2.11. The number of halogens is 1. The first-order valence-corrected chi connectivity index (χ1v) is 9.63. The summed E-state index contributed by atoms with van der Waals surface area (Å²) < 4.78 is 5.70. The Kier molecular flexibility index (Phi) is 6.89. The SMILES string of the molecule is C#Cc1cccc(NC(=O)CN(C)C(=O)CCc2ncc(-c3ccc(Cl)cc3)o2)c1. The number of nitrogens with zero attached hydrogens (tertiary/aromatic N) is 2. The summed E-state index contributed by atoms with van der Waals surface area (Å²) in [5, 5.41) is 3.37. The molecule has 0 fully saturated rings. The molecule has 2 amide bonds. The van der Waals surface area contributed by atoms with Gasteiger partial charge in [-0.1, -0.05) is 23.6 Å². The molecule has 1 N–H and O–H groups in total. The second kappa shape index (κ2) is 9.77. The summed E-state index contributed by atoms with van der Waals surface area (Å²) in [5.74, 6) is 3.08. The maximum atomic E-state index is 12.4. The molecule has 0 unspecified atom stereocenters. The zero-order chi connectivity index (χ0) is 21.5. The number of likely N-dealkylation sites (N-methyl/N-ethyl adjacent to an activating group) is 1. The smallest absolute Gasteiger partial charge is 0.243 e. The summed E-state index contributed by atoms with van der Waals surface area (Å²) in [7, 11) is 1.58. The van der Waals surface area contributed by atoms with E-state index in [1.807, 2.05) is 12.1 Å². The van der Waals surface area contributed by atoms with Gasteiger partial charge in [0.1, 0.15) is 0 Å². The predicted molar refractivity (Wildman–Crippen MR) is 116 cm³/mol. The molecule has 1 heterocycles. The van der Waals surface area contributed by atoms with E-state index in [4.69, 9.17) is 22.4 Å². The van der Waals surface area contributed by atoms with Crippen molar-refractivity contribution >= 4 is 29.1 Å². The molecule has 3 aromatic rings. The van der Waals surface area contributed by atoms with Crippen molar-refractivity contribution in [1.82, 2.24) is 9.88 Å². The van der Waals surface area contributed by atoms with Crippen molar-refractivity contribution in [3.8, 4) is 23.7 Å². The van der Waals surface area contributed by atoms with E-state index < -0.39 is 0 Å². The average molecular weight is 422 g/mol. The van der Waals surface area contributed by atoms with Crippen molar-refractivity contribution < 1.29 is 14.0 Å². The van der Waals surface area contributed by atoms with Crippen molar-refractivity contribution in [2.75, 3.05) is 18.9 Å². The number of anilines is 1. The van der Waals surface area contributed by atoms with Crippen molar-refractivity contribution in [3.05, 3.63) is 71.2 Å². The van der Waals surface area contributed by atoms with Gasteiger partial charge >= 0.3 is 0 Å². The Balaban J connectivity index is 1.49. The Morgan fingerprint density at radius 2 is 2.00 bits per heavy atom. The molecule has 7 heteroatoms. The first-order valence-electron chi connectivity index (χ1n) is 9.26. The molecule has 0 spiro atoms. The minimum absolute atomic E-state index is 0.0687. The Morgan fingerprint density at radius 1 is 1.23 bits per heavy atom. The molecule has 1 aromatic heterocycles. The summed E-state index contributed by atoms with van der Waals surface area (Å²) in [4.78, 5) is 30.1. The summed E-state index contributed by atoms with van der Waals surface area (Å²) in [6, 6.07) is 14.2. The van der Waals surface area contributed by atoms with E-state index in [0.29, 0.717) is 34.3 Å². The third-order valence-corrected chi connectivity index (χ3v) is 4.61. The van der Waals surface area contributed by atoms with Crippen LogP contribution in [0, 0.1) is 12.3 Å². The molecule has 0 radical (unpaired) electrons. The fraction of sp³-hybridized carbons (Fsp3) is 0.174. The molecule has 3 rings (SSSR count). The first-order chi connectivity index (χ1) is 14.4. The lowest BCUT2D eigenvalue weighted by atomic mass is 10.2. The topological polar surface area (TPSA) is 75.4 Å². The van der Waals surface area contributed by atoms with Crippen LogP contribution in [-0.4, -0.2) is 35.3 Å². The Hall–Kier alpha value is -3.56. The van der Waals surface area contributed by atoms with Crippen molar-refractivity contribution in [3.63, 3.8) is 0 Å². The van der Waals surface area contributed by atoms with E-state index >= 15 is 0 Å². The number of aromatic nitrogens is 1. The number of carbonyl (C=O) groups excluding carboxylic acids is 2. The largest absolute Gasteiger partial charge is 0.441 e. The highest BCUT2D eigenvalue weighted by atomic mass is 35.5. The average Bonchev–Trinajstić information content (AvgIpc) is 3.21. The van der Waals surface area contributed by atoms with Crippen LogP contribution < -0.4 is 5.32 Å². The highest BCUT2D eigenvalue weighted by molar-refractivity contribution is 6.30. The number of terminal acetylenes is 1. The minimum atomic E-state index is -0.304. The number of rotatable bonds is 7. The van der Waals surface area contributed by atoms with Gasteiger partial charge in [0.25, 0.3) is 0 Å². The van der Waals surface area contributed by atoms with Gasteiger partial charge in [0, 0.05) is 41.7 Å². The molecule has 0 bridgehead atoms. The Morgan fingerprint density at radius 3 is 2.73 bits per heavy atom. The molecule has 0 aliphatic rings. The van der Waals surface area contributed by atoms with Crippen LogP contribution in [-0.2, 0) is 16.0 Å². The van der Waals surface area contributed by atoms with Crippen LogP contribution in [0.1, 0.15) is 17.9 Å². The van der Waals surface area contributed by atoms with Crippen LogP contribution in [0.4, 0.5) is 5.69 Å². The lowest BCUT2D eigenvalue weighted by molar-refractivity contribution is -0.133. The molecule has 0 aliphatic carbocycles. The number of hydrogen-bond acceptors (Lipinski definition) is 4. The van der Waals surface area contributed by atoms with Crippen LogP contribution in [0.15, 0.2) is 59.1 Å². The lowest BCUT2D eigenvalue weighted by Gasteiger charge is -2.16. The second-order valence-electron chi connectivity index (χ2n) is 6.65. The normalized spacial score (nSPS) is 10.3. The third kappa shape index (κ3) is 5.72. The number of hydrogen-bond donors (Lipinski definition) is 1. The second-order valence-corrected chi connectivity index (χ2v) is 7.08. The van der Waals surface area contributed by atoms with Gasteiger partial charge in [-0.3, -0.25) is 9.59 Å². The molecule has 0 saturated carbocycles. The number of nitrogens with one attached hydrogen (secondary N) is 1. The van der Waals surface area contributed by atoms with Crippen LogP contribution in [0.3, 0.4) is 0 Å². The van der Waals surface area contributed by atoms with E-state index in [2.05, 4.69) is 16.2 Å². The molecule has 6 nitrogen and oxygen atoms in total. The maximum Gasteiger partial charge on any atom is 0.243 e. The Bertz CT molecular complexity index is 1080. The molecular formula is C23H20ClN3O3. The zero-order valence-electron chi connectivity index (χ0n) is 16.4. The van der Waals surface area contributed by atoms with Crippen molar-refractivity contribution in [2.24, 2.45) is 0 Å². The van der Waals surface area contributed by atoms with Gasteiger partial charge < -0.3 is 14.6 Å². The number of amides is 2. The molecule has 0 saturated heterocycles. The number of aryl methyl sites for hydroxylation is 1. The van der Waals surface area contributed by atoms with E-state index in [0.717, 1.165) is 5.56 Å². The molecule has 152 valence electrons. The first kappa shape index (κ1) is 21.2. The minimum Gasteiger partial charge on any atom is -0.441 e. The number of benzene rings is 2. The van der Waals surface area contributed by atoms with E-state index in [-0.39, 0.29) is 24.8 Å². The van der Waals surface area contributed by atoms with E-state index in [9.17, 15) is 9.59 Å². The number of carbonyl (C=O) groups is 2. The van der Waals surface area contributed by atoms with Gasteiger partial charge in [0.15, 0.2) is 11.7 Å². The maximum absolute atomic E-state index is 12.4. The zero-order valence-corrected chi connectivity index (χ0v) is 17.1. The third-order valence-electron chi connectivity index (χ3n) is 4.35. The van der Waals surface area contributed by atoms with Crippen LogP contribution in [0.25, 0.3) is 11.3 Å². The van der Waals surface area contributed by atoms with Gasteiger partial charge in [0.2, 0.25) is 11.8 Å². The van der Waals surface area contributed by atoms with Gasteiger partial charge in [-0.2, -0.15) is 0 Å². The van der Waals surface area contributed by atoms with Crippen LogP contribution in [0.5, 0.6) is 0 Å². The molecule has 30 heavy (non-hydrogen) atoms. The summed E-state index contributed by atoms with van der Waals surface area (Å²) in [6.07, 6.45) is 7.49. The van der Waals surface area contributed by atoms with E-state index in [1.165, 1.54) is 4.90 Å². The van der Waals surface area contributed by atoms with Crippen molar-refractivity contribution in [2.45, 2.75) is 12.8 Å². The molecule has 2 aromatic carbocycles. The number of oxazole rings is 1. The molecule has 0 aliphatic heterocycles. The molecular weight excluding hydrogens is 402 g/mol.